The smallest absolute Gasteiger partial charge is 0.353 e. The van der Waals surface area contributed by atoms with Crippen LogP contribution in [0.1, 0.15) is 22.6 Å². The molecule has 2 aromatic carbocycles. The average Bonchev–Trinajstić information content (AvgIpc) is 3.16. The number of carboxylic acids is 1. The van der Waals surface area contributed by atoms with Gasteiger partial charge in [0.1, 0.15) is 5.69 Å². The molecule has 0 bridgehead atoms. The van der Waals surface area contributed by atoms with E-state index in [4.69, 9.17) is 11.6 Å². The Labute approximate surface area is 145 Å². The van der Waals surface area contributed by atoms with E-state index >= 15 is 0 Å². The number of rotatable bonds is 3. The van der Waals surface area contributed by atoms with E-state index in [-0.39, 0.29) is 0 Å². The molecule has 0 radical (unpaired) electrons. The van der Waals surface area contributed by atoms with Crippen molar-refractivity contribution >= 4 is 17.6 Å². The number of fused-ring (bicyclic) bond motifs is 1. The van der Waals surface area contributed by atoms with Crippen LogP contribution in [-0.4, -0.2) is 15.6 Å². The summed E-state index contributed by atoms with van der Waals surface area (Å²) in [6.07, 6.45) is 1.88. The number of aromatic carboxylic acids is 1. The van der Waals surface area contributed by atoms with Crippen molar-refractivity contribution in [2.75, 3.05) is 0 Å². The molecule has 1 aromatic heterocycles. The van der Waals surface area contributed by atoms with E-state index in [2.05, 4.69) is 0 Å². The SMILES string of the molecule is O=C(O)c1c(-c2ccc(Cl)cc2)c(-c2ccccc2)c2n1CCC2. The molecule has 1 N–H and O–H groups in total. The zero-order valence-corrected chi connectivity index (χ0v) is 13.8. The van der Waals surface area contributed by atoms with E-state index in [0.717, 1.165) is 47.3 Å². The van der Waals surface area contributed by atoms with E-state index in [0.29, 0.717) is 10.7 Å². The van der Waals surface area contributed by atoms with Crippen LogP contribution in [0.25, 0.3) is 22.3 Å². The Kier molecular flexibility index (Phi) is 3.66. The Morgan fingerprint density at radius 1 is 0.958 bits per heavy atom. The van der Waals surface area contributed by atoms with Crippen LogP contribution >= 0.6 is 11.6 Å². The summed E-state index contributed by atoms with van der Waals surface area (Å²) >= 11 is 6.01. The standard InChI is InChI=1S/C20H16ClNO2/c21-15-10-8-14(9-11-15)18-17(13-5-2-1-3-6-13)16-7-4-12-22(16)19(18)20(23)24/h1-3,5-6,8-11H,4,7,12H2,(H,23,24). The van der Waals surface area contributed by atoms with Gasteiger partial charge in [-0.25, -0.2) is 4.79 Å². The molecule has 0 fully saturated rings. The zero-order valence-electron chi connectivity index (χ0n) is 13.0. The van der Waals surface area contributed by atoms with Crippen LogP contribution in [0.3, 0.4) is 0 Å². The molecule has 1 aliphatic rings. The topological polar surface area (TPSA) is 42.2 Å². The van der Waals surface area contributed by atoms with Gasteiger partial charge < -0.3 is 9.67 Å². The van der Waals surface area contributed by atoms with Crippen LogP contribution in [0.5, 0.6) is 0 Å². The maximum atomic E-state index is 12.0. The number of benzene rings is 2. The van der Waals surface area contributed by atoms with Gasteiger partial charge in [0.2, 0.25) is 0 Å². The molecule has 4 heteroatoms. The highest BCUT2D eigenvalue weighted by atomic mass is 35.5. The van der Waals surface area contributed by atoms with Crippen molar-refractivity contribution in [3.05, 3.63) is 71.0 Å². The molecule has 1 aliphatic heterocycles. The first kappa shape index (κ1) is 15.0. The number of hydrogen-bond donors (Lipinski definition) is 1. The molecule has 0 aliphatic carbocycles. The normalized spacial score (nSPS) is 13.0. The van der Waals surface area contributed by atoms with Crippen LogP contribution in [0.2, 0.25) is 5.02 Å². The number of aromatic nitrogens is 1. The number of carbonyl (C=O) groups is 1. The largest absolute Gasteiger partial charge is 0.477 e. The minimum atomic E-state index is -0.884. The quantitative estimate of drug-likeness (QED) is 0.720. The zero-order chi connectivity index (χ0) is 16.7. The third-order valence-electron chi connectivity index (χ3n) is 4.56. The summed E-state index contributed by atoms with van der Waals surface area (Å²) in [6.45, 7) is 0.754. The van der Waals surface area contributed by atoms with Gasteiger partial charge in [-0.05, 0) is 36.1 Å². The number of carboxylic acid groups (broad SMARTS) is 1. The third kappa shape index (κ3) is 2.33. The van der Waals surface area contributed by atoms with Crippen molar-refractivity contribution in [3.8, 4) is 22.3 Å². The molecule has 4 rings (SSSR count). The molecule has 3 aromatic rings. The first-order valence-electron chi connectivity index (χ1n) is 7.97. The van der Waals surface area contributed by atoms with Crippen LogP contribution in [0.15, 0.2) is 54.6 Å². The van der Waals surface area contributed by atoms with Crippen LogP contribution < -0.4 is 0 Å². The fraction of sp³-hybridized carbons (Fsp3) is 0.150. The van der Waals surface area contributed by atoms with E-state index in [1.807, 2.05) is 47.0 Å². The lowest BCUT2D eigenvalue weighted by molar-refractivity contribution is 0.0686. The van der Waals surface area contributed by atoms with Crippen molar-refractivity contribution in [1.82, 2.24) is 4.57 Å². The fourth-order valence-corrected chi connectivity index (χ4v) is 3.74. The van der Waals surface area contributed by atoms with E-state index in [1.165, 1.54) is 0 Å². The minimum Gasteiger partial charge on any atom is -0.477 e. The predicted molar refractivity (Wildman–Crippen MR) is 95.6 cm³/mol. The average molecular weight is 338 g/mol. The molecule has 3 nitrogen and oxygen atoms in total. The highest BCUT2D eigenvalue weighted by molar-refractivity contribution is 6.30. The third-order valence-corrected chi connectivity index (χ3v) is 4.82. The van der Waals surface area contributed by atoms with E-state index in [9.17, 15) is 9.90 Å². The number of nitrogens with zero attached hydrogens (tertiary/aromatic N) is 1. The van der Waals surface area contributed by atoms with Crippen molar-refractivity contribution < 1.29 is 9.90 Å². The van der Waals surface area contributed by atoms with Gasteiger partial charge in [0.25, 0.3) is 0 Å². The van der Waals surface area contributed by atoms with Gasteiger partial charge in [-0.15, -0.1) is 0 Å². The fourth-order valence-electron chi connectivity index (χ4n) is 3.61. The highest BCUT2D eigenvalue weighted by Gasteiger charge is 2.30. The molecule has 0 saturated carbocycles. The minimum absolute atomic E-state index is 0.378. The molecule has 0 spiro atoms. The number of hydrogen-bond acceptors (Lipinski definition) is 1. The van der Waals surface area contributed by atoms with Gasteiger partial charge in [0.15, 0.2) is 0 Å². The molecular weight excluding hydrogens is 322 g/mol. The Morgan fingerprint density at radius 3 is 2.29 bits per heavy atom. The number of halogens is 1. The van der Waals surface area contributed by atoms with Crippen molar-refractivity contribution in [2.24, 2.45) is 0 Å². The lowest BCUT2D eigenvalue weighted by Crippen LogP contribution is -2.07. The van der Waals surface area contributed by atoms with Gasteiger partial charge in [-0.3, -0.25) is 0 Å². The Morgan fingerprint density at radius 2 is 1.62 bits per heavy atom. The van der Waals surface area contributed by atoms with E-state index in [1.54, 1.807) is 12.1 Å². The van der Waals surface area contributed by atoms with Crippen molar-refractivity contribution in [2.45, 2.75) is 19.4 Å². The summed E-state index contributed by atoms with van der Waals surface area (Å²) in [7, 11) is 0. The lowest BCUT2D eigenvalue weighted by Gasteiger charge is -2.09. The maximum Gasteiger partial charge on any atom is 0.353 e. The van der Waals surface area contributed by atoms with Gasteiger partial charge in [0, 0.05) is 28.4 Å². The second kappa shape index (κ2) is 5.84. The maximum absolute atomic E-state index is 12.0. The monoisotopic (exact) mass is 337 g/mol. The first-order chi connectivity index (χ1) is 11.7. The summed E-state index contributed by atoms with van der Waals surface area (Å²) in [6, 6.07) is 17.4. The van der Waals surface area contributed by atoms with Gasteiger partial charge in [0.05, 0.1) is 0 Å². The summed E-state index contributed by atoms with van der Waals surface area (Å²) < 4.78 is 1.97. The van der Waals surface area contributed by atoms with Gasteiger partial charge >= 0.3 is 5.97 Å². The second-order valence-corrected chi connectivity index (χ2v) is 6.41. The van der Waals surface area contributed by atoms with E-state index < -0.39 is 5.97 Å². The summed E-state index contributed by atoms with van der Waals surface area (Å²) in [5.74, 6) is -0.884. The molecule has 120 valence electrons. The van der Waals surface area contributed by atoms with Gasteiger partial charge in [-0.1, -0.05) is 54.1 Å². The predicted octanol–water partition coefficient (Wildman–Crippen LogP) is 5.12. The molecule has 0 saturated heterocycles. The molecule has 0 amide bonds. The van der Waals surface area contributed by atoms with Crippen LogP contribution in [0.4, 0.5) is 0 Å². The van der Waals surface area contributed by atoms with Gasteiger partial charge in [-0.2, -0.15) is 0 Å². The van der Waals surface area contributed by atoms with Crippen molar-refractivity contribution in [1.29, 1.82) is 0 Å². The Bertz CT molecular complexity index is 911. The second-order valence-electron chi connectivity index (χ2n) is 5.98. The highest BCUT2D eigenvalue weighted by Crippen LogP contribution is 2.42. The summed E-state index contributed by atoms with van der Waals surface area (Å²) in [4.78, 5) is 12.0. The molecule has 0 atom stereocenters. The lowest BCUT2D eigenvalue weighted by atomic mass is 9.94. The molecular formula is C20H16ClNO2. The molecule has 2 heterocycles. The summed E-state index contributed by atoms with van der Waals surface area (Å²) in [5, 5.41) is 10.5. The van der Waals surface area contributed by atoms with Crippen LogP contribution in [-0.2, 0) is 13.0 Å². The molecule has 24 heavy (non-hydrogen) atoms. The summed E-state index contributed by atoms with van der Waals surface area (Å²) in [5.41, 5.74) is 5.26. The van der Waals surface area contributed by atoms with Crippen LogP contribution in [0, 0.1) is 0 Å². The first-order valence-corrected chi connectivity index (χ1v) is 8.34. The Hall–Kier alpha value is -2.52. The van der Waals surface area contributed by atoms with Crippen molar-refractivity contribution in [3.63, 3.8) is 0 Å². The molecule has 0 unspecified atom stereocenters. The Balaban J connectivity index is 2.07.